The van der Waals surface area contributed by atoms with Crippen molar-refractivity contribution in [3.8, 4) is 0 Å². The van der Waals surface area contributed by atoms with Gasteiger partial charge in [0.1, 0.15) is 6.10 Å². The number of nitrogens with zero attached hydrogens (tertiary/aromatic N) is 1. The number of allylic oxidation sites excluding steroid dienone is 2. The molecule has 1 rings (SSSR count). The predicted molar refractivity (Wildman–Crippen MR) is 76.3 cm³/mol. The van der Waals surface area contributed by atoms with Crippen LogP contribution in [-0.2, 0) is 14.4 Å². The van der Waals surface area contributed by atoms with Crippen LogP contribution >= 0.6 is 0 Å². The maximum atomic E-state index is 11.9. The van der Waals surface area contributed by atoms with E-state index in [9.17, 15) is 18.0 Å². The summed E-state index contributed by atoms with van der Waals surface area (Å²) in [4.78, 5) is 16.4. The van der Waals surface area contributed by atoms with Gasteiger partial charge >= 0.3 is 12.1 Å². The molecular weight excluding hydrogens is 299 g/mol. The topological polar surface area (TPSA) is 47.9 Å². The predicted octanol–water partition coefficient (Wildman–Crippen LogP) is 3.79. The van der Waals surface area contributed by atoms with Crippen LogP contribution in [0.5, 0.6) is 0 Å². The number of carbonyl (C=O) groups is 1. The zero-order valence-corrected chi connectivity index (χ0v) is 12.4. The van der Waals surface area contributed by atoms with E-state index in [1.807, 2.05) is 13.0 Å². The van der Waals surface area contributed by atoms with Gasteiger partial charge in [0.2, 0.25) is 0 Å². The van der Waals surface area contributed by atoms with Gasteiger partial charge in [-0.1, -0.05) is 17.3 Å². The van der Waals surface area contributed by atoms with Gasteiger partial charge in [0, 0.05) is 12.0 Å². The van der Waals surface area contributed by atoms with Crippen LogP contribution in [0.4, 0.5) is 13.2 Å². The second-order valence-corrected chi connectivity index (χ2v) is 5.05. The molecule has 0 amide bonds. The van der Waals surface area contributed by atoms with Gasteiger partial charge in [0.05, 0.1) is 5.71 Å². The van der Waals surface area contributed by atoms with Gasteiger partial charge in [-0.15, -0.1) is 6.58 Å². The van der Waals surface area contributed by atoms with Crippen molar-refractivity contribution < 1.29 is 27.5 Å². The summed E-state index contributed by atoms with van der Waals surface area (Å²) in [7, 11) is 0. The number of ether oxygens (including phenoxy) is 1. The van der Waals surface area contributed by atoms with E-state index in [0.29, 0.717) is 12.8 Å². The molecule has 0 fully saturated rings. The third-order valence-electron chi connectivity index (χ3n) is 3.25. The van der Waals surface area contributed by atoms with Crippen molar-refractivity contribution in [2.75, 3.05) is 6.61 Å². The van der Waals surface area contributed by atoms with Crippen LogP contribution in [-0.4, -0.2) is 30.6 Å². The first-order chi connectivity index (χ1) is 10.3. The molecule has 0 radical (unpaired) electrons. The number of oxime groups is 1. The van der Waals surface area contributed by atoms with E-state index < -0.39 is 18.8 Å². The highest BCUT2D eigenvalue weighted by Crippen LogP contribution is 2.26. The van der Waals surface area contributed by atoms with Crippen LogP contribution in [0, 0.1) is 5.92 Å². The molecule has 22 heavy (non-hydrogen) atoms. The highest BCUT2D eigenvalue weighted by molar-refractivity contribution is 5.85. The first-order valence-corrected chi connectivity index (χ1v) is 7.04. The summed E-state index contributed by atoms with van der Waals surface area (Å²) in [5, 5.41) is 3.96. The van der Waals surface area contributed by atoms with Crippen molar-refractivity contribution in [2.45, 2.75) is 44.9 Å². The molecule has 0 saturated heterocycles. The maximum absolute atomic E-state index is 11.9. The Bertz CT molecular complexity index is 444. The second-order valence-electron chi connectivity index (χ2n) is 5.05. The average molecular weight is 319 g/mol. The minimum absolute atomic E-state index is 0.0733. The molecule has 4 nitrogen and oxygen atoms in total. The number of alkyl halides is 3. The molecule has 7 heteroatoms. The normalized spacial score (nSPS) is 21.5. The zero-order valence-electron chi connectivity index (χ0n) is 12.4. The largest absolute Gasteiger partial charge is 0.453 e. The average Bonchev–Trinajstić information content (AvgIpc) is 2.79. The fourth-order valence-corrected chi connectivity index (χ4v) is 2.15. The Labute approximate surface area is 127 Å². The third kappa shape index (κ3) is 6.78. The van der Waals surface area contributed by atoms with Gasteiger partial charge in [-0.05, 0) is 32.6 Å². The van der Waals surface area contributed by atoms with E-state index in [-0.39, 0.29) is 12.0 Å². The van der Waals surface area contributed by atoms with Crippen molar-refractivity contribution in [3.63, 3.8) is 0 Å². The molecule has 0 aliphatic carbocycles. The molecule has 1 aliphatic heterocycles. The lowest BCUT2D eigenvalue weighted by molar-refractivity contribution is -0.182. The second kappa shape index (κ2) is 8.60. The smallest absolute Gasteiger partial charge is 0.422 e. The van der Waals surface area contributed by atoms with Crippen molar-refractivity contribution in [3.05, 3.63) is 24.8 Å². The van der Waals surface area contributed by atoms with Crippen LogP contribution in [0.2, 0.25) is 0 Å². The molecule has 0 aromatic carbocycles. The van der Waals surface area contributed by atoms with Gasteiger partial charge in [0.25, 0.3) is 0 Å². The van der Waals surface area contributed by atoms with Gasteiger partial charge in [0.15, 0.2) is 6.61 Å². The molecule has 0 spiro atoms. The van der Waals surface area contributed by atoms with Crippen LogP contribution in [0.1, 0.15) is 32.6 Å². The Kier molecular flexibility index (Phi) is 7.14. The third-order valence-corrected chi connectivity index (χ3v) is 3.25. The molecular formula is C15H20F3NO3. The van der Waals surface area contributed by atoms with Crippen LogP contribution in [0.3, 0.4) is 0 Å². The molecule has 0 N–H and O–H groups in total. The number of rotatable bonds is 8. The molecule has 0 aromatic rings. The SMILES string of the molecule is C=CCC[C@H]1C(C)=NO[C@H]1CC/C=C/C(=O)OCC(F)(F)F. The molecule has 2 atom stereocenters. The zero-order chi connectivity index (χ0) is 16.6. The van der Waals surface area contributed by atoms with E-state index in [1.54, 1.807) is 0 Å². The van der Waals surface area contributed by atoms with Crippen molar-refractivity contribution in [2.24, 2.45) is 11.1 Å². The lowest BCUT2D eigenvalue weighted by Gasteiger charge is -2.16. The summed E-state index contributed by atoms with van der Waals surface area (Å²) < 4.78 is 39.6. The van der Waals surface area contributed by atoms with Crippen molar-refractivity contribution >= 4 is 11.7 Å². The maximum Gasteiger partial charge on any atom is 0.422 e. The highest BCUT2D eigenvalue weighted by atomic mass is 19.4. The number of carbonyl (C=O) groups excluding carboxylic acids is 1. The first kappa shape index (κ1) is 18.3. The summed E-state index contributed by atoms with van der Waals surface area (Å²) in [5.74, 6) is -0.788. The first-order valence-electron chi connectivity index (χ1n) is 7.04. The van der Waals surface area contributed by atoms with Crippen LogP contribution in [0.25, 0.3) is 0 Å². The quantitative estimate of drug-likeness (QED) is 0.388. The molecule has 0 bridgehead atoms. The summed E-state index contributed by atoms with van der Waals surface area (Å²) in [6, 6.07) is 0. The van der Waals surface area contributed by atoms with Crippen LogP contribution < -0.4 is 0 Å². The highest BCUT2D eigenvalue weighted by Gasteiger charge is 2.30. The van der Waals surface area contributed by atoms with E-state index in [2.05, 4.69) is 16.5 Å². The number of esters is 1. The van der Waals surface area contributed by atoms with Gasteiger partial charge in [-0.3, -0.25) is 0 Å². The fourth-order valence-electron chi connectivity index (χ4n) is 2.15. The summed E-state index contributed by atoms with van der Waals surface area (Å²) in [6.07, 6.45) is 2.62. The van der Waals surface area contributed by atoms with Gasteiger partial charge < -0.3 is 9.57 Å². The summed E-state index contributed by atoms with van der Waals surface area (Å²) in [6.45, 7) is 4.01. The Morgan fingerprint density at radius 1 is 1.41 bits per heavy atom. The molecule has 0 unspecified atom stereocenters. The number of halogens is 3. The number of hydrogen-bond donors (Lipinski definition) is 0. The van der Waals surface area contributed by atoms with E-state index >= 15 is 0 Å². The van der Waals surface area contributed by atoms with E-state index in [4.69, 9.17) is 4.84 Å². The Balaban J connectivity index is 2.29. The Hall–Kier alpha value is -1.79. The van der Waals surface area contributed by atoms with E-state index in [1.165, 1.54) is 6.08 Å². The minimum Gasteiger partial charge on any atom is -0.453 e. The standard InChI is InChI=1S/C15H20F3NO3/c1-3-4-7-12-11(2)19-22-13(12)8-5-6-9-14(20)21-10-15(16,17)18/h3,6,9,12-13H,1,4-5,7-8,10H2,2H3/b9-6+/t12-,13-/m0/s1. The molecule has 1 heterocycles. The van der Waals surface area contributed by atoms with E-state index in [0.717, 1.165) is 24.6 Å². The number of hydrogen-bond acceptors (Lipinski definition) is 4. The van der Waals surface area contributed by atoms with Crippen molar-refractivity contribution in [1.82, 2.24) is 0 Å². The Morgan fingerprint density at radius 3 is 2.77 bits per heavy atom. The lowest BCUT2D eigenvalue weighted by Crippen LogP contribution is -2.21. The monoisotopic (exact) mass is 319 g/mol. The van der Waals surface area contributed by atoms with Crippen molar-refractivity contribution in [1.29, 1.82) is 0 Å². The fraction of sp³-hybridized carbons (Fsp3) is 0.600. The van der Waals surface area contributed by atoms with Gasteiger partial charge in [-0.2, -0.15) is 13.2 Å². The van der Waals surface area contributed by atoms with Crippen LogP contribution in [0.15, 0.2) is 30.0 Å². The molecule has 124 valence electrons. The lowest BCUT2D eigenvalue weighted by atomic mass is 9.90. The summed E-state index contributed by atoms with van der Waals surface area (Å²) >= 11 is 0. The molecule has 1 aliphatic rings. The summed E-state index contributed by atoms with van der Waals surface area (Å²) in [5.41, 5.74) is 0.931. The molecule has 0 aromatic heterocycles. The minimum atomic E-state index is -4.51. The molecule has 0 saturated carbocycles. The van der Waals surface area contributed by atoms with Gasteiger partial charge in [-0.25, -0.2) is 4.79 Å². The Morgan fingerprint density at radius 2 is 2.14 bits per heavy atom.